The summed E-state index contributed by atoms with van der Waals surface area (Å²) in [4.78, 5) is 11.2. The first-order chi connectivity index (χ1) is 8.04. The van der Waals surface area contributed by atoms with Gasteiger partial charge in [-0.05, 0) is 48.3 Å². The lowest BCUT2D eigenvalue weighted by atomic mass is 10.3. The molecule has 0 radical (unpaired) electrons. The lowest BCUT2D eigenvalue weighted by molar-refractivity contribution is 1.01. The number of thiophene rings is 1. The van der Waals surface area contributed by atoms with Gasteiger partial charge in [-0.1, -0.05) is 0 Å². The van der Waals surface area contributed by atoms with Crippen LogP contribution in [0, 0.1) is 20.8 Å². The van der Waals surface area contributed by atoms with Crippen LogP contribution in [0.1, 0.15) is 21.1 Å². The van der Waals surface area contributed by atoms with Gasteiger partial charge in [-0.15, -0.1) is 11.3 Å². The summed E-state index contributed by atoms with van der Waals surface area (Å²) in [6.07, 6.45) is 0. The zero-order valence-corrected chi connectivity index (χ0v) is 12.4. The SMILES string of the molecule is Cc1nc(Br)cc(NCc2cc(C)c(C)s2)n1. The number of anilines is 1. The summed E-state index contributed by atoms with van der Waals surface area (Å²) in [5.74, 6) is 1.62. The molecule has 2 heterocycles. The molecule has 0 unspecified atom stereocenters. The maximum atomic E-state index is 4.33. The standard InChI is InChI=1S/C12H14BrN3S/c1-7-4-10(17-8(7)2)6-14-12-5-11(13)15-9(3)16-12/h4-5H,6H2,1-3H3,(H,14,15,16). The van der Waals surface area contributed by atoms with Crippen LogP contribution < -0.4 is 5.32 Å². The fraction of sp³-hybridized carbons (Fsp3) is 0.333. The highest BCUT2D eigenvalue weighted by atomic mass is 79.9. The van der Waals surface area contributed by atoms with Crippen LogP contribution in [0.15, 0.2) is 16.7 Å². The number of hydrogen-bond acceptors (Lipinski definition) is 4. The second-order valence-corrected chi connectivity index (χ2v) is 6.08. The Hall–Kier alpha value is -0.940. The summed E-state index contributed by atoms with van der Waals surface area (Å²) in [5, 5.41) is 3.31. The summed E-state index contributed by atoms with van der Waals surface area (Å²) in [6.45, 7) is 6.98. The van der Waals surface area contributed by atoms with Crippen molar-refractivity contribution in [3.05, 3.63) is 37.9 Å². The van der Waals surface area contributed by atoms with Crippen LogP contribution in [0.5, 0.6) is 0 Å². The van der Waals surface area contributed by atoms with E-state index in [-0.39, 0.29) is 0 Å². The van der Waals surface area contributed by atoms with Crippen LogP contribution in [0.3, 0.4) is 0 Å². The van der Waals surface area contributed by atoms with Gasteiger partial charge in [0.15, 0.2) is 0 Å². The van der Waals surface area contributed by atoms with Gasteiger partial charge in [-0.3, -0.25) is 0 Å². The summed E-state index contributed by atoms with van der Waals surface area (Å²) in [7, 11) is 0. The molecule has 5 heteroatoms. The normalized spacial score (nSPS) is 10.6. The van der Waals surface area contributed by atoms with Crippen LogP contribution in [0.2, 0.25) is 0 Å². The Labute approximate surface area is 113 Å². The van der Waals surface area contributed by atoms with Crippen LogP contribution in [0.25, 0.3) is 0 Å². The molecule has 0 aliphatic carbocycles. The average molecular weight is 312 g/mol. The summed E-state index contributed by atoms with van der Waals surface area (Å²) >= 11 is 5.19. The highest BCUT2D eigenvalue weighted by Crippen LogP contribution is 2.21. The monoisotopic (exact) mass is 311 g/mol. The molecule has 0 fully saturated rings. The fourth-order valence-electron chi connectivity index (χ4n) is 1.54. The molecule has 2 aromatic heterocycles. The average Bonchev–Trinajstić information content (AvgIpc) is 2.54. The van der Waals surface area contributed by atoms with Crippen molar-refractivity contribution in [2.24, 2.45) is 0 Å². The molecule has 0 aliphatic rings. The number of hydrogen-bond donors (Lipinski definition) is 1. The van der Waals surface area contributed by atoms with Crippen LogP contribution in [-0.4, -0.2) is 9.97 Å². The minimum Gasteiger partial charge on any atom is -0.365 e. The molecular weight excluding hydrogens is 298 g/mol. The van der Waals surface area contributed by atoms with Gasteiger partial charge in [0.1, 0.15) is 16.2 Å². The van der Waals surface area contributed by atoms with Gasteiger partial charge in [-0.25, -0.2) is 9.97 Å². The quantitative estimate of drug-likeness (QED) is 0.875. The largest absolute Gasteiger partial charge is 0.365 e. The minimum atomic E-state index is 0.764. The van der Waals surface area contributed by atoms with E-state index in [1.807, 2.05) is 24.3 Å². The Balaban J connectivity index is 2.07. The van der Waals surface area contributed by atoms with Crippen molar-refractivity contribution in [3.8, 4) is 0 Å². The Kier molecular flexibility index (Phi) is 3.79. The third kappa shape index (κ3) is 3.26. The van der Waals surface area contributed by atoms with Crippen LogP contribution in [-0.2, 0) is 6.54 Å². The summed E-state index contributed by atoms with van der Waals surface area (Å²) in [5.41, 5.74) is 1.35. The van der Waals surface area contributed by atoms with Crippen molar-refractivity contribution in [1.82, 2.24) is 9.97 Å². The number of halogens is 1. The maximum Gasteiger partial charge on any atom is 0.131 e. The Morgan fingerprint density at radius 1 is 1.24 bits per heavy atom. The van der Waals surface area contributed by atoms with E-state index in [4.69, 9.17) is 0 Å². The molecule has 90 valence electrons. The molecule has 0 aromatic carbocycles. The molecule has 0 bridgehead atoms. The molecule has 0 saturated heterocycles. The van der Waals surface area contributed by atoms with Gasteiger partial charge >= 0.3 is 0 Å². The molecule has 3 nitrogen and oxygen atoms in total. The highest BCUT2D eigenvalue weighted by Gasteiger charge is 2.03. The van der Waals surface area contributed by atoms with Gasteiger partial charge < -0.3 is 5.32 Å². The Morgan fingerprint density at radius 2 is 2.00 bits per heavy atom. The van der Waals surface area contributed by atoms with E-state index in [0.717, 1.165) is 22.8 Å². The van der Waals surface area contributed by atoms with Crippen molar-refractivity contribution in [3.63, 3.8) is 0 Å². The lowest BCUT2D eigenvalue weighted by Crippen LogP contribution is -2.01. The van der Waals surface area contributed by atoms with E-state index in [9.17, 15) is 0 Å². The van der Waals surface area contributed by atoms with Crippen molar-refractivity contribution >= 4 is 33.1 Å². The number of aryl methyl sites for hydroxylation is 3. The molecule has 0 aliphatic heterocycles. The third-order valence-electron chi connectivity index (χ3n) is 2.47. The van der Waals surface area contributed by atoms with Crippen molar-refractivity contribution in [1.29, 1.82) is 0 Å². The number of aromatic nitrogens is 2. The first kappa shape index (κ1) is 12.5. The molecule has 2 aromatic rings. The third-order valence-corrected chi connectivity index (χ3v) is 4.03. The van der Waals surface area contributed by atoms with Crippen molar-refractivity contribution < 1.29 is 0 Å². The summed E-state index contributed by atoms with van der Waals surface area (Å²) in [6, 6.07) is 4.11. The molecule has 1 N–H and O–H groups in total. The number of nitrogens with one attached hydrogen (secondary N) is 1. The first-order valence-corrected chi connectivity index (χ1v) is 6.96. The van der Waals surface area contributed by atoms with Crippen molar-refractivity contribution in [2.75, 3.05) is 5.32 Å². The van der Waals surface area contributed by atoms with E-state index in [2.05, 4.69) is 51.1 Å². The lowest BCUT2D eigenvalue weighted by Gasteiger charge is -2.04. The molecule has 2 rings (SSSR count). The maximum absolute atomic E-state index is 4.33. The molecule has 0 amide bonds. The van der Waals surface area contributed by atoms with E-state index in [1.165, 1.54) is 15.3 Å². The Bertz CT molecular complexity index is 497. The second-order valence-electron chi connectivity index (χ2n) is 3.93. The molecule has 0 spiro atoms. The van der Waals surface area contributed by atoms with Gasteiger partial charge in [-0.2, -0.15) is 0 Å². The van der Waals surface area contributed by atoms with Gasteiger partial charge in [0.05, 0.1) is 6.54 Å². The smallest absolute Gasteiger partial charge is 0.131 e. The molecule has 0 saturated carbocycles. The van der Waals surface area contributed by atoms with Crippen molar-refractivity contribution in [2.45, 2.75) is 27.3 Å². The number of rotatable bonds is 3. The fourth-order valence-corrected chi connectivity index (χ4v) is 3.00. The van der Waals surface area contributed by atoms with E-state index in [0.29, 0.717) is 0 Å². The predicted molar refractivity (Wildman–Crippen MR) is 75.6 cm³/mol. The van der Waals surface area contributed by atoms with Gasteiger partial charge in [0.2, 0.25) is 0 Å². The van der Waals surface area contributed by atoms with E-state index < -0.39 is 0 Å². The zero-order chi connectivity index (χ0) is 12.4. The second kappa shape index (κ2) is 5.14. The van der Waals surface area contributed by atoms with Gasteiger partial charge in [0, 0.05) is 15.8 Å². The van der Waals surface area contributed by atoms with Crippen LogP contribution in [0.4, 0.5) is 5.82 Å². The summed E-state index contributed by atoms with van der Waals surface area (Å²) < 4.78 is 0.811. The minimum absolute atomic E-state index is 0.764. The molecular formula is C12H14BrN3S. The van der Waals surface area contributed by atoms with Crippen LogP contribution >= 0.6 is 27.3 Å². The molecule has 17 heavy (non-hydrogen) atoms. The highest BCUT2D eigenvalue weighted by molar-refractivity contribution is 9.10. The number of nitrogens with zero attached hydrogens (tertiary/aromatic N) is 2. The first-order valence-electron chi connectivity index (χ1n) is 5.35. The van der Waals surface area contributed by atoms with Gasteiger partial charge in [0.25, 0.3) is 0 Å². The van der Waals surface area contributed by atoms with E-state index in [1.54, 1.807) is 0 Å². The Morgan fingerprint density at radius 3 is 2.59 bits per heavy atom. The molecule has 0 atom stereocenters. The predicted octanol–water partition coefficient (Wildman–Crippen LogP) is 3.84. The zero-order valence-electron chi connectivity index (χ0n) is 10.0. The van der Waals surface area contributed by atoms with E-state index >= 15 is 0 Å². The topological polar surface area (TPSA) is 37.8 Å².